The van der Waals surface area contributed by atoms with Gasteiger partial charge in [0, 0.05) is 0 Å². The predicted octanol–water partition coefficient (Wildman–Crippen LogP) is 4.72. The topological polar surface area (TPSA) is 74.6 Å². The fraction of sp³-hybridized carbons (Fsp3) is 0.882. The molecule has 2 atom stereocenters. The van der Waals surface area contributed by atoms with Crippen molar-refractivity contribution in [3.8, 4) is 0 Å². The Balaban J connectivity index is 4.87. The minimum absolute atomic E-state index is 0.575. The Bertz CT molecular complexity index is 308. The average molecular weight is 300 g/mol. The molecule has 0 aromatic carbocycles. The summed E-state index contributed by atoms with van der Waals surface area (Å²) in [6.07, 6.45) is 6.04. The largest absolute Gasteiger partial charge is 0.481 e. The van der Waals surface area contributed by atoms with Crippen LogP contribution in [-0.4, -0.2) is 22.2 Å². The highest BCUT2D eigenvalue weighted by molar-refractivity contribution is 5.75. The zero-order valence-electron chi connectivity index (χ0n) is 14.1. The van der Waals surface area contributed by atoms with Gasteiger partial charge in [0.2, 0.25) is 0 Å². The summed E-state index contributed by atoms with van der Waals surface area (Å²) in [5, 5.41) is 19.1. The van der Waals surface area contributed by atoms with Crippen molar-refractivity contribution in [3.63, 3.8) is 0 Å². The molecule has 21 heavy (non-hydrogen) atoms. The molecule has 0 rings (SSSR count). The Labute approximate surface area is 128 Å². The number of carboxylic acids is 2. The maximum Gasteiger partial charge on any atom is 0.309 e. The zero-order chi connectivity index (χ0) is 16.5. The lowest BCUT2D eigenvalue weighted by atomic mass is 9.72. The van der Waals surface area contributed by atoms with Crippen LogP contribution >= 0.6 is 0 Å². The van der Waals surface area contributed by atoms with E-state index in [0.717, 1.165) is 12.8 Å². The van der Waals surface area contributed by atoms with Gasteiger partial charge in [-0.25, -0.2) is 0 Å². The molecule has 0 saturated heterocycles. The van der Waals surface area contributed by atoms with Crippen LogP contribution < -0.4 is 0 Å². The summed E-state index contributed by atoms with van der Waals surface area (Å²) >= 11 is 0. The Morgan fingerprint density at radius 2 is 1.05 bits per heavy atom. The molecule has 0 bridgehead atoms. The number of hydrogen-bond donors (Lipinski definition) is 2. The van der Waals surface area contributed by atoms with Crippen LogP contribution in [0, 0.1) is 10.8 Å². The Kier molecular flexibility index (Phi) is 8.60. The van der Waals surface area contributed by atoms with Gasteiger partial charge < -0.3 is 10.2 Å². The quantitative estimate of drug-likeness (QED) is 0.547. The first-order valence-corrected chi connectivity index (χ1v) is 8.31. The Hall–Kier alpha value is -1.06. The van der Waals surface area contributed by atoms with Crippen molar-refractivity contribution in [1.82, 2.24) is 0 Å². The second-order valence-corrected chi connectivity index (χ2v) is 6.23. The van der Waals surface area contributed by atoms with E-state index in [4.69, 9.17) is 0 Å². The van der Waals surface area contributed by atoms with Crippen molar-refractivity contribution >= 4 is 11.9 Å². The molecule has 2 N–H and O–H groups in total. The highest BCUT2D eigenvalue weighted by atomic mass is 16.4. The SMILES string of the molecule is CCCC(CC)(CCCC(CC)(CCC)C(=O)O)C(=O)O. The first kappa shape index (κ1) is 19.9. The van der Waals surface area contributed by atoms with E-state index >= 15 is 0 Å². The van der Waals surface area contributed by atoms with Gasteiger partial charge in [-0.2, -0.15) is 0 Å². The normalized spacial score (nSPS) is 17.0. The van der Waals surface area contributed by atoms with Gasteiger partial charge in [-0.15, -0.1) is 0 Å². The lowest BCUT2D eigenvalue weighted by Crippen LogP contribution is -2.33. The van der Waals surface area contributed by atoms with Gasteiger partial charge in [-0.3, -0.25) is 9.59 Å². The summed E-state index contributed by atoms with van der Waals surface area (Å²) in [6.45, 7) is 7.83. The molecule has 0 heterocycles. The highest BCUT2D eigenvalue weighted by Crippen LogP contribution is 2.39. The first-order valence-electron chi connectivity index (χ1n) is 8.31. The molecule has 0 fully saturated rings. The second kappa shape index (κ2) is 9.06. The van der Waals surface area contributed by atoms with Gasteiger partial charge in [0.1, 0.15) is 0 Å². The molecule has 0 aromatic heterocycles. The van der Waals surface area contributed by atoms with Gasteiger partial charge in [0.05, 0.1) is 10.8 Å². The third kappa shape index (κ3) is 5.01. The van der Waals surface area contributed by atoms with Crippen LogP contribution in [0.15, 0.2) is 0 Å². The molecule has 0 aliphatic carbocycles. The number of aliphatic carboxylic acids is 2. The molecule has 2 unspecified atom stereocenters. The summed E-state index contributed by atoms with van der Waals surface area (Å²) in [7, 11) is 0. The van der Waals surface area contributed by atoms with E-state index < -0.39 is 22.8 Å². The van der Waals surface area contributed by atoms with Crippen LogP contribution in [0.25, 0.3) is 0 Å². The van der Waals surface area contributed by atoms with E-state index in [0.29, 0.717) is 44.9 Å². The average Bonchev–Trinajstić information content (AvgIpc) is 2.44. The van der Waals surface area contributed by atoms with Gasteiger partial charge in [0.15, 0.2) is 0 Å². The van der Waals surface area contributed by atoms with Crippen LogP contribution in [0.4, 0.5) is 0 Å². The van der Waals surface area contributed by atoms with Crippen LogP contribution in [0.2, 0.25) is 0 Å². The molecule has 124 valence electrons. The van der Waals surface area contributed by atoms with Gasteiger partial charge >= 0.3 is 11.9 Å². The van der Waals surface area contributed by atoms with E-state index in [2.05, 4.69) is 0 Å². The van der Waals surface area contributed by atoms with E-state index in [-0.39, 0.29) is 0 Å². The summed E-state index contributed by atoms with van der Waals surface area (Å²) in [4.78, 5) is 23.2. The number of carboxylic acid groups (broad SMARTS) is 2. The Morgan fingerprint density at radius 1 is 0.714 bits per heavy atom. The fourth-order valence-electron chi connectivity index (χ4n) is 3.41. The molecule has 4 nitrogen and oxygen atoms in total. The summed E-state index contributed by atoms with van der Waals surface area (Å²) in [5.74, 6) is -1.47. The summed E-state index contributed by atoms with van der Waals surface area (Å²) in [6, 6.07) is 0. The van der Waals surface area contributed by atoms with E-state index in [1.165, 1.54) is 0 Å². The number of carbonyl (C=O) groups is 2. The van der Waals surface area contributed by atoms with Crippen molar-refractivity contribution < 1.29 is 19.8 Å². The standard InChI is InChI=1S/C17H32O4/c1-5-10-16(7-3,14(18)19)12-9-13-17(8-4,11-6-2)15(20)21/h5-13H2,1-4H3,(H,18,19)(H,20,21). The highest BCUT2D eigenvalue weighted by Gasteiger charge is 2.39. The minimum atomic E-state index is -0.736. The second-order valence-electron chi connectivity index (χ2n) is 6.23. The maximum atomic E-state index is 11.6. The third-order valence-electron chi connectivity index (χ3n) is 5.03. The third-order valence-corrected chi connectivity index (χ3v) is 5.03. The maximum absolute atomic E-state index is 11.6. The molecular weight excluding hydrogens is 268 g/mol. The summed E-state index contributed by atoms with van der Waals surface area (Å²) < 4.78 is 0. The molecule has 0 aromatic rings. The van der Waals surface area contributed by atoms with Gasteiger partial charge in [-0.05, 0) is 38.5 Å². The van der Waals surface area contributed by atoms with E-state index in [1.807, 2.05) is 27.7 Å². The van der Waals surface area contributed by atoms with Crippen LogP contribution in [0.5, 0.6) is 0 Å². The molecule has 0 aliphatic heterocycles. The monoisotopic (exact) mass is 300 g/mol. The molecular formula is C17H32O4. The van der Waals surface area contributed by atoms with Crippen molar-refractivity contribution in [2.45, 2.75) is 85.5 Å². The first-order chi connectivity index (χ1) is 9.84. The van der Waals surface area contributed by atoms with Crippen LogP contribution in [0.3, 0.4) is 0 Å². The molecule has 0 radical (unpaired) electrons. The molecule has 0 saturated carbocycles. The van der Waals surface area contributed by atoms with E-state index in [9.17, 15) is 19.8 Å². The van der Waals surface area contributed by atoms with E-state index in [1.54, 1.807) is 0 Å². The Morgan fingerprint density at radius 3 is 1.24 bits per heavy atom. The molecule has 0 spiro atoms. The number of rotatable bonds is 12. The van der Waals surface area contributed by atoms with Crippen LogP contribution in [0.1, 0.15) is 85.5 Å². The molecule has 0 amide bonds. The van der Waals surface area contributed by atoms with Crippen LogP contribution in [-0.2, 0) is 9.59 Å². The smallest absolute Gasteiger partial charge is 0.309 e. The van der Waals surface area contributed by atoms with Gasteiger partial charge in [-0.1, -0.05) is 47.0 Å². The fourth-order valence-corrected chi connectivity index (χ4v) is 3.41. The minimum Gasteiger partial charge on any atom is -0.481 e. The lowest BCUT2D eigenvalue weighted by Gasteiger charge is -2.32. The zero-order valence-corrected chi connectivity index (χ0v) is 14.1. The lowest BCUT2D eigenvalue weighted by molar-refractivity contribution is -0.151. The number of hydrogen-bond acceptors (Lipinski definition) is 2. The predicted molar refractivity (Wildman–Crippen MR) is 84.4 cm³/mol. The van der Waals surface area contributed by atoms with Crippen molar-refractivity contribution in [3.05, 3.63) is 0 Å². The van der Waals surface area contributed by atoms with Gasteiger partial charge in [0.25, 0.3) is 0 Å². The molecule has 0 aliphatic rings. The van der Waals surface area contributed by atoms with Crippen molar-refractivity contribution in [1.29, 1.82) is 0 Å². The van der Waals surface area contributed by atoms with Crippen molar-refractivity contribution in [2.75, 3.05) is 0 Å². The molecule has 4 heteroatoms. The summed E-state index contributed by atoms with van der Waals surface area (Å²) in [5.41, 5.74) is -1.36. The van der Waals surface area contributed by atoms with Crippen molar-refractivity contribution in [2.24, 2.45) is 10.8 Å².